The van der Waals surface area contributed by atoms with Gasteiger partial charge in [0.05, 0.1) is 0 Å². The van der Waals surface area contributed by atoms with Gasteiger partial charge in [0.2, 0.25) is 0 Å². The van der Waals surface area contributed by atoms with Crippen LogP contribution in [0.3, 0.4) is 0 Å². The van der Waals surface area contributed by atoms with Gasteiger partial charge in [-0.05, 0) is 0 Å². The Bertz CT molecular complexity index is 379. The van der Waals surface area contributed by atoms with Gasteiger partial charge in [-0.3, -0.25) is 0 Å². The third-order valence-corrected chi connectivity index (χ3v) is 3.27. The second-order valence-electron chi connectivity index (χ2n) is 4.54. The van der Waals surface area contributed by atoms with Gasteiger partial charge < -0.3 is 0 Å². The van der Waals surface area contributed by atoms with Crippen LogP contribution in [0, 0.1) is 0 Å². The third-order valence-electron chi connectivity index (χ3n) is 3.27. The average Bonchev–Trinajstić information content (AvgIpc) is 2.41. The fourth-order valence-corrected chi connectivity index (χ4v) is 2.68. The molecule has 0 radical (unpaired) electrons. The van der Waals surface area contributed by atoms with Crippen molar-refractivity contribution in [3.63, 3.8) is 0 Å². The van der Waals surface area contributed by atoms with Crippen LogP contribution in [-0.2, 0) is 4.09 Å². The second-order valence-corrected chi connectivity index (χ2v) is 4.54. The molecule has 0 heterocycles. The van der Waals surface area contributed by atoms with Gasteiger partial charge in [0.25, 0.3) is 0 Å². The molecule has 1 heteroatoms. The molecule has 2 rings (SSSR count). The van der Waals surface area contributed by atoms with Gasteiger partial charge in [0.1, 0.15) is 0 Å². The van der Waals surface area contributed by atoms with E-state index in [-0.39, 0.29) is 4.09 Å². The molecule has 68 valence electrons. The van der Waals surface area contributed by atoms with Crippen LogP contribution in [0.5, 0.6) is 0 Å². The minimum absolute atomic E-state index is 0.287. The van der Waals surface area contributed by atoms with Gasteiger partial charge in [-0.15, -0.1) is 0 Å². The van der Waals surface area contributed by atoms with Gasteiger partial charge in [0, 0.05) is 0 Å². The summed E-state index contributed by atoms with van der Waals surface area (Å²) in [7, 11) is 0. The zero-order valence-corrected chi connectivity index (χ0v) is 9.30. The molecule has 14 heavy (non-hydrogen) atoms. The van der Waals surface area contributed by atoms with Gasteiger partial charge in [-0.1, -0.05) is 0 Å². The van der Waals surface area contributed by atoms with E-state index < -0.39 is 0 Å². The molecule has 0 saturated heterocycles. The molecule has 0 N–H and O–H groups in total. The number of benzene rings is 1. The second kappa shape index (κ2) is 3.61. The molecule has 0 amide bonds. The molecule has 0 spiro atoms. The Kier molecular flexibility index (Phi) is 2.60. The molecule has 0 bridgehead atoms. The number of rotatable bonds is 2. The first kappa shape index (κ1) is 10.1. The molecule has 1 aliphatic carbocycles. The molecular weight excluding hydrogens is 163 g/mol. The fourth-order valence-electron chi connectivity index (χ4n) is 2.68. The number of hydrogen-bond acceptors (Lipinski definition) is 0. The molecule has 0 aromatic heterocycles. The van der Waals surface area contributed by atoms with Crippen LogP contribution < -0.4 is 0 Å². The van der Waals surface area contributed by atoms with Crippen molar-refractivity contribution in [2.45, 2.75) is 30.8 Å². The zero-order valence-electron chi connectivity index (χ0n) is 9.30. The average molecular weight is 178 g/mol. The Hall–Kier alpha value is -0.443. The molecule has 0 fully saturated rings. The first-order valence-corrected chi connectivity index (χ1v) is 5.47. The normalized spacial score (nSPS) is 24.7. The van der Waals surface area contributed by atoms with Gasteiger partial charge in [0.15, 0.2) is 0 Å². The van der Waals surface area contributed by atoms with Crippen molar-refractivity contribution in [3.05, 3.63) is 41.5 Å². The summed E-state index contributed by atoms with van der Waals surface area (Å²) < 4.78 is 0.287. The van der Waals surface area contributed by atoms with Crippen LogP contribution in [0.15, 0.2) is 30.3 Å². The summed E-state index contributed by atoms with van der Waals surface area (Å²) in [5.74, 6) is 0. The summed E-state index contributed by atoms with van der Waals surface area (Å²) in [6.07, 6.45) is 4.93. The van der Waals surface area contributed by atoms with Crippen LogP contribution in [0.1, 0.15) is 37.8 Å². The van der Waals surface area contributed by atoms with Crippen LogP contribution in [0.2, 0.25) is 0 Å². The molecule has 0 aliphatic heterocycles. The first-order chi connectivity index (χ1) is 6.67. The van der Waals surface area contributed by atoms with Gasteiger partial charge in [-0.25, -0.2) is 0 Å². The predicted molar refractivity (Wildman–Crippen MR) is 62.4 cm³/mol. The maximum absolute atomic E-state index is 2.43. The van der Waals surface area contributed by atoms with E-state index in [1.165, 1.54) is 29.5 Å². The molecule has 1 aromatic rings. The number of allylic oxidation sites excluding steroid dienone is 2. The quantitative estimate of drug-likeness (QED) is 0.610. The molecule has 0 nitrogen and oxygen atoms in total. The van der Waals surface area contributed by atoms with E-state index in [1.54, 1.807) is 0 Å². The van der Waals surface area contributed by atoms with Gasteiger partial charge in [-0.2, -0.15) is 0 Å². The molecule has 1 atom stereocenters. The Morgan fingerprint density at radius 1 is 1.29 bits per heavy atom. The summed E-state index contributed by atoms with van der Waals surface area (Å²) in [6, 6.07) is 8.80. The Balaban J connectivity index is 2.51. The zero-order chi connectivity index (χ0) is 10.2. The van der Waals surface area contributed by atoms with E-state index in [0.717, 1.165) is 0 Å². The van der Waals surface area contributed by atoms with E-state index >= 15 is 0 Å². The van der Waals surface area contributed by atoms with Crippen LogP contribution in [0.4, 0.5) is 0 Å². The van der Waals surface area contributed by atoms with Gasteiger partial charge >= 0.3 is 95.5 Å². The fraction of sp³-hybridized carbons (Fsp3) is 0.385. The summed E-state index contributed by atoms with van der Waals surface area (Å²) in [5, 5.41) is 0. The SMILES string of the molecule is [Li][C]1(CCC)C=C(C)c2ccccc21. The Morgan fingerprint density at radius 2 is 2.00 bits per heavy atom. The summed E-state index contributed by atoms with van der Waals surface area (Å²) in [5.41, 5.74) is 4.40. The van der Waals surface area contributed by atoms with Crippen LogP contribution in [0.25, 0.3) is 5.57 Å². The van der Waals surface area contributed by atoms with Crippen LogP contribution >= 0.6 is 0 Å². The predicted octanol–water partition coefficient (Wildman–Crippen LogP) is 3.27. The Labute approximate surface area is 95.6 Å². The van der Waals surface area contributed by atoms with Crippen molar-refractivity contribution in [2.24, 2.45) is 0 Å². The van der Waals surface area contributed by atoms with Crippen molar-refractivity contribution in [1.29, 1.82) is 0 Å². The van der Waals surface area contributed by atoms with Crippen molar-refractivity contribution < 1.29 is 0 Å². The van der Waals surface area contributed by atoms with Crippen molar-refractivity contribution in [1.82, 2.24) is 0 Å². The number of hydrogen-bond donors (Lipinski definition) is 0. The van der Waals surface area contributed by atoms with E-state index in [1.807, 2.05) is 0 Å². The topological polar surface area (TPSA) is 0 Å². The summed E-state index contributed by atoms with van der Waals surface area (Å²) >= 11 is 2.35. The summed E-state index contributed by atoms with van der Waals surface area (Å²) in [4.78, 5) is 0. The van der Waals surface area contributed by atoms with Crippen LogP contribution in [-0.4, -0.2) is 17.7 Å². The van der Waals surface area contributed by atoms with Crippen molar-refractivity contribution in [2.75, 3.05) is 0 Å². The van der Waals surface area contributed by atoms with Crippen molar-refractivity contribution >= 4 is 23.3 Å². The molecule has 1 unspecified atom stereocenters. The maximum atomic E-state index is 2.43. The van der Waals surface area contributed by atoms with E-state index in [9.17, 15) is 0 Å². The van der Waals surface area contributed by atoms with E-state index in [2.05, 4.69) is 61.9 Å². The van der Waals surface area contributed by atoms with Crippen molar-refractivity contribution in [3.8, 4) is 0 Å². The molecular formula is C13H15Li. The van der Waals surface area contributed by atoms with E-state index in [0.29, 0.717) is 0 Å². The Morgan fingerprint density at radius 3 is 2.71 bits per heavy atom. The molecule has 0 saturated carbocycles. The standard InChI is InChI=1S/C13H15.Li/c1-3-6-11-9-10(2)12-7-4-5-8-13(11)12;/h4-5,7-9H,3,6H2,1-2H3;. The monoisotopic (exact) mass is 178 g/mol. The molecule has 1 aromatic carbocycles. The molecule has 1 aliphatic rings. The first-order valence-electron chi connectivity index (χ1n) is 5.47. The third kappa shape index (κ3) is 1.47. The van der Waals surface area contributed by atoms with E-state index in [4.69, 9.17) is 0 Å². The minimum atomic E-state index is 0.287. The summed E-state index contributed by atoms with van der Waals surface area (Å²) in [6.45, 7) is 4.48. The number of fused-ring (bicyclic) bond motifs is 1.